The lowest BCUT2D eigenvalue weighted by molar-refractivity contribution is -0.385. The normalized spacial score (nSPS) is 15.5. The van der Waals surface area contributed by atoms with Gasteiger partial charge in [0.25, 0.3) is 5.69 Å². The molecule has 1 heterocycles. The predicted molar refractivity (Wildman–Crippen MR) is 112 cm³/mol. The summed E-state index contributed by atoms with van der Waals surface area (Å²) < 4.78 is 15.3. The Labute approximate surface area is 182 Å². The van der Waals surface area contributed by atoms with Gasteiger partial charge in [-0.05, 0) is 42.8 Å². The Morgan fingerprint density at radius 1 is 1.19 bits per heavy atom. The van der Waals surface area contributed by atoms with Crippen molar-refractivity contribution < 1.29 is 33.8 Å². The zero-order valence-corrected chi connectivity index (χ0v) is 17.5. The predicted octanol–water partition coefficient (Wildman–Crippen LogP) is 2.65. The molecule has 1 atom stereocenters. The summed E-state index contributed by atoms with van der Waals surface area (Å²) in [5.74, 6) is -0.757. The summed E-state index contributed by atoms with van der Waals surface area (Å²) in [6.07, 6.45) is 0. The first-order valence-corrected chi connectivity index (χ1v) is 9.49. The van der Waals surface area contributed by atoms with E-state index in [4.69, 9.17) is 14.2 Å². The summed E-state index contributed by atoms with van der Waals surface area (Å²) in [5, 5.41) is 27.1. The number of nitro groups is 1. The first-order valence-electron chi connectivity index (χ1n) is 9.49. The summed E-state index contributed by atoms with van der Waals surface area (Å²) >= 11 is 0. The molecule has 0 aliphatic carbocycles. The molecule has 3 N–H and O–H groups in total. The number of nitro benzene ring substituents is 1. The van der Waals surface area contributed by atoms with Crippen LogP contribution in [0.3, 0.4) is 0 Å². The number of urea groups is 1. The number of nitrogens with zero attached hydrogens (tertiary/aromatic N) is 1. The van der Waals surface area contributed by atoms with Crippen LogP contribution in [0.4, 0.5) is 10.5 Å². The number of esters is 1. The van der Waals surface area contributed by atoms with Crippen LogP contribution in [0.2, 0.25) is 0 Å². The third kappa shape index (κ3) is 4.26. The number of carbonyl (C=O) groups is 2. The number of ether oxygens (including phenoxy) is 3. The lowest BCUT2D eigenvalue weighted by atomic mass is 9.91. The second-order valence-electron chi connectivity index (χ2n) is 6.61. The van der Waals surface area contributed by atoms with E-state index in [0.29, 0.717) is 11.3 Å². The maximum absolute atomic E-state index is 12.9. The highest BCUT2D eigenvalue weighted by Crippen LogP contribution is 2.41. The van der Waals surface area contributed by atoms with Crippen molar-refractivity contribution in [2.75, 3.05) is 20.8 Å². The zero-order valence-electron chi connectivity index (χ0n) is 17.5. The van der Waals surface area contributed by atoms with E-state index in [9.17, 15) is 24.8 Å². The number of aromatic hydroxyl groups is 1. The molecule has 1 aliphatic heterocycles. The molecule has 3 rings (SSSR count). The van der Waals surface area contributed by atoms with E-state index in [1.54, 1.807) is 31.2 Å². The maximum Gasteiger partial charge on any atom is 0.338 e. The van der Waals surface area contributed by atoms with E-state index in [0.717, 1.165) is 12.1 Å². The van der Waals surface area contributed by atoms with Gasteiger partial charge in [0.15, 0.2) is 11.5 Å². The fraction of sp³-hybridized carbons (Fsp3) is 0.238. The fourth-order valence-electron chi connectivity index (χ4n) is 3.34. The van der Waals surface area contributed by atoms with E-state index in [1.165, 1.54) is 14.2 Å². The van der Waals surface area contributed by atoms with Gasteiger partial charge in [-0.3, -0.25) is 10.1 Å². The lowest BCUT2D eigenvalue weighted by Gasteiger charge is -2.29. The van der Waals surface area contributed by atoms with Crippen molar-refractivity contribution in [3.63, 3.8) is 0 Å². The van der Waals surface area contributed by atoms with Crippen molar-refractivity contribution in [2.24, 2.45) is 0 Å². The highest BCUT2D eigenvalue weighted by molar-refractivity contribution is 6.04. The molecule has 11 heteroatoms. The van der Waals surface area contributed by atoms with Crippen LogP contribution in [0, 0.1) is 10.1 Å². The van der Waals surface area contributed by atoms with Crippen molar-refractivity contribution in [3.05, 3.63) is 63.2 Å². The molecule has 0 fully saturated rings. The second-order valence-corrected chi connectivity index (χ2v) is 6.61. The molecule has 0 saturated heterocycles. The molecule has 0 saturated carbocycles. The van der Waals surface area contributed by atoms with Gasteiger partial charge < -0.3 is 30.0 Å². The van der Waals surface area contributed by atoms with Gasteiger partial charge in [-0.1, -0.05) is 0 Å². The van der Waals surface area contributed by atoms with Crippen LogP contribution in [0.25, 0.3) is 5.70 Å². The Bertz CT molecular complexity index is 1090. The molecular weight excluding hydrogens is 422 g/mol. The average molecular weight is 443 g/mol. The molecule has 168 valence electrons. The second kappa shape index (κ2) is 9.25. The van der Waals surface area contributed by atoms with Gasteiger partial charge in [-0.2, -0.15) is 0 Å². The number of phenolic OH excluding ortho intramolecular Hbond substituents is 1. The smallest absolute Gasteiger partial charge is 0.338 e. The van der Waals surface area contributed by atoms with Crippen LogP contribution in [-0.4, -0.2) is 42.9 Å². The summed E-state index contributed by atoms with van der Waals surface area (Å²) in [5.41, 5.74) is -0.0669. The van der Waals surface area contributed by atoms with E-state index < -0.39 is 34.4 Å². The number of rotatable bonds is 7. The summed E-state index contributed by atoms with van der Waals surface area (Å²) in [7, 11) is 2.74. The largest absolute Gasteiger partial charge is 0.504 e. The molecule has 0 spiro atoms. The standard InChI is InChI=1S/C21H21N3O8/c1-4-32-20(26)17-18(11-5-7-12(30-2)8-6-11)22-21(27)23-19(17)13-9-15(25)16(31-3)10-14(13)24(28)29/h5-10,19,25H,4H2,1-3H3,(H2,22,23,27). The Morgan fingerprint density at radius 3 is 2.44 bits per heavy atom. The van der Waals surface area contributed by atoms with Crippen LogP contribution in [-0.2, 0) is 9.53 Å². The number of benzene rings is 2. The van der Waals surface area contributed by atoms with E-state index in [2.05, 4.69) is 10.6 Å². The van der Waals surface area contributed by atoms with Crippen molar-refractivity contribution in [3.8, 4) is 17.2 Å². The number of hydrogen-bond donors (Lipinski definition) is 3. The number of amides is 2. The minimum Gasteiger partial charge on any atom is -0.504 e. The first kappa shape index (κ1) is 22.4. The average Bonchev–Trinajstić information content (AvgIpc) is 2.78. The Balaban J connectivity index is 2.27. The molecule has 32 heavy (non-hydrogen) atoms. The first-order chi connectivity index (χ1) is 15.3. The van der Waals surface area contributed by atoms with Crippen LogP contribution in [0.5, 0.6) is 17.2 Å². The Hall–Kier alpha value is -4.28. The summed E-state index contributed by atoms with van der Waals surface area (Å²) in [4.78, 5) is 36.5. The summed E-state index contributed by atoms with van der Waals surface area (Å²) in [6, 6.07) is 6.64. The van der Waals surface area contributed by atoms with Crippen LogP contribution in [0.15, 0.2) is 42.0 Å². The van der Waals surface area contributed by atoms with E-state index in [1.807, 2.05) is 0 Å². The maximum atomic E-state index is 12.9. The van der Waals surface area contributed by atoms with Gasteiger partial charge in [0, 0.05) is 0 Å². The minimum atomic E-state index is -1.28. The van der Waals surface area contributed by atoms with Gasteiger partial charge in [-0.25, -0.2) is 9.59 Å². The van der Waals surface area contributed by atoms with Crippen molar-refractivity contribution >= 4 is 23.4 Å². The monoisotopic (exact) mass is 443 g/mol. The van der Waals surface area contributed by atoms with Crippen molar-refractivity contribution in [2.45, 2.75) is 13.0 Å². The fourth-order valence-corrected chi connectivity index (χ4v) is 3.34. The van der Waals surface area contributed by atoms with Gasteiger partial charge in [-0.15, -0.1) is 0 Å². The van der Waals surface area contributed by atoms with E-state index >= 15 is 0 Å². The van der Waals surface area contributed by atoms with Crippen LogP contribution >= 0.6 is 0 Å². The topological polar surface area (TPSA) is 149 Å². The van der Waals surface area contributed by atoms with Gasteiger partial charge in [0.2, 0.25) is 0 Å². The quantitative estimate of drug-likeness (QED) is 0.336. The number of carbonyl (C=O) groups excluding carboxylic acids is 2. The molecule has 2 amide bonds. The van der Waals surface area contributed by atoms with Crippen molar-refractivity contribution in [1.82, 2.24) is 10.6 Å². The van der Waals surface area contributed by atoms with Gasteiger partial charge in [0.1, 0.15) is 5.75 Å². The highest BCUT2D eigenvalue weighted by atomic mass is 16.6. The molecule has 11 nitrogen and oxygen atoms in total. The van der Waals surface area contributed by atoms with E-state index in [-0.39, 0.29) is 29.2 Å². The number of hydrogen-bond acceptors (Lipinski definition) is 8. The van der Waals surface area contributed by atoms with Crippen LogP contribution < -0.4 is 20.1 Å². The third-order valence-electron chi connectivity index (χ3n) is 4.78. The molecule has 0 radical (unpaired) electrons. The lowest BCUT2D eigenvalue weighted by Crippen LogP contribution is -2.45. The summed E-state index contributed by atoms with van der Waals surface area (Å²) in [6.45, 7) is 1.64. The zero-order chi connectivity index (χ0) is 23.4. The molecular formula is C21H21N3O8. The third-order valence-corrected chi connectivity index (χ3v) is 4.78. The molecule has 2 aromatic rings. The SMILES string of the molecule is CCOC(=O)C1=C(c2ccc(OC)cc2)NC(=O)NC1c1cc(O)c(OC)cc1[N+](=O)[O-]. The number of methoxy groups -OCH3 is 2. The molecule has 1 aliphatic rings. The number of nitrogens with one attached hydrogen (secondary N) is 2. The Morgan fingerprint density at radius 2 is 1.88 bits per heavy atom. The molecule has 0 bridgehead atoms. The minimum absolute atomic E-state index is 0.0366. The molecule has 0 aromatic heterocycles. The van der Waals surface area contributed by atoms with Gasteiger partial charge >= 0.3 is 12.0 Å². The van der Waals surface area contributed by atoms with Gasteiger partial charge in [0.05, 0.1) is 54.7 Å². The highest BCUT2D eigenvalue weighted by Gasteiger charge is 2.38. The van der Waals surface area contributed by atoms with Crippen molar-refractivity contribution in [1.29, 1.82) is 0 Å². The molecule has 2 aromatic carbocycles. The van der Waals surface area contributed by atoms with Crippen LogP contribution in [0.1, 0.15) is 24.1 Å². The molecule has 1 unspecified atom stereocenters. The number of phenols is 1. The Kier molecular flexibility index (Phi) is 6.47.